The third kappa shape index (κ3) is 2.25. The highest BCUT2D eigenvalue weighted by molar-refractivity contribution is 9.11. The molecule has 0 aliphatic rings. The number of hydrogen-bond acceptors (Lipinski definition) is 4. The van der Waals surface area contributed by atoms with Crippen molar-refractivity contribution in [3.05, 3.63) is 21.1 Å². The first-order valence-corrected chi connectivity index (χ1v) is 4.93. The Labute approximate surface area is 96.0 Å². The van der Waals surface area contributed by atoms with E-state index in [4.69, 9.17) is 0 Å². The number of halogens is 2. The quantitative estimate of drug-likeness (QED) is 0.621. The van der Waals surface area contributed by atoms with Crippen molar-refractivity contribution in [2.45, 2.75) is 0 Å². The Morgan fingerprint density at radius 1 is 1.07 bits per heavy atom. The van der Waals surface area contributed by atoms with Crippen molar-refractivity contribution >= 4 is 55.4 Å². The Hall–Kier alpha value is -1.06. The topological polar surface area (TPSA) is 58.9 Å². The van der Waals surface area contributed by atoms with Gasteiger partial charge in [-0.2, -0.15) is 9.98 Å². The third-order valence-corrected chi connectivity index (χ3v) is 2.79. The molecule has 14 heavy (non-hydrogen) atoms. The molecule has 1 aromatic carbocycles. The van der Waals surface area contributed by atoms with Crippen LogP contribution in [0.15, 0.2) is 31.1 Å². The molecule has 0 saturated heterocycles. The predicted octanol–water partition coefficient (Wildman–Crippen LogP) is 3.15. The van der Waals surface area contributed by atoms with Gasteiger partial charge in [-0.3, -0.25) is 0 Å². The second-order valence-electron chi connectivity index (χ2n) is 2.14. The van der Waals surface area contributed by atoms with Crippen LogP contribution in [0.3, 0.4) is 0 Å². The van der Waals surface area contributed by atoms with E-state index in [9.17, 15) is 9.59 Å². The first kappa shape index (κ1) is 11.0. The van der Waals surface area contributed by atoms with Crippen molar-refractivity contribution in [3.63, 3.8) is 0 Å². The number of aliphatic imine (C=N–C) groups is 2. The second-order valence-corrected chi connectivity index (χ2v) is 3.78. The van der Waals surface area contributed by atoms with Gasteiger partial charge in [-0.05, 0) is 44.0 Å². The molecular weight excluding hydrogens is 316 g/mol. The summed E-state index contributed by atoms with van der Waals surface area (Å²) in [6.45, 7) is 0. The van der Waals surface area contributed by atoms with E-state index >= 15 is 0 Å². The van der Waals surface area contributed by atoms with Gasteiger partial charge in [0.15, 0.2) is 0 Å². The molecule has 0 aliphatic heterocycles. The van der Waals surface area contributed by atoms with Crippen molar-refractivity contribution in [3.8, 4) is 0 Å². The lowest BCUT2D eigenvalue weighted by Gasteiger charge is -2.01. The molecule has 0 spiro atoms. The lowest BCUT2D eigenvalue weighted by atomic mass is 10.3. The number of rotatable bonds is 2. The smallest absolute Gasteiger partial charge is 0.211 e. The highest BCUT2D eigenvalue weighted by Crippen LogP contribution is 2.39. The zero-order chi connectivity index (χ0) is 10.6. The monoisotopic (exact) mass is 316 g/mol. The molecule has 6 heteroatoms. The fourth-order valence-electron chi connectivity index (χ4n) is 0.814. The van der Waals surface area contributed by atoms with Gasteiger partial charge in [0.05, 0.1) is 10.2 Å². The average Bonchev–Trinajstić information content (AvgIpc) is 2.17. The molecule has 1 rings (SSSR count). The number of benzene rings is 1. The zero-order valence-electron chi connectivity index (χ0n) is 6.62. The highest BCUT2D eigenvalue weighted by atomic mass is 79.9. The number of hydrogen-bond donors (Lipinski definition) is 0. The lowest BCUT2D eigenvalue weighted by Crippen LogP contribution is -1.74. The van der Waals surface area contributed by atoms with Crippen molar-refractivity contribution in [2.75, 3.05) is 0 Å². The molecule has 0 heterocycles. The SMILES string of the molecule is O=C=Nc1ccc(Br)c(N=C=O)c1Br. The van der Waals surface area contributed by atoms with Crippen LogP contribution in [-0.2, 0) is 9.59 Å². The molecule has 0 fully saturated rings. The summed E-state index contributed by atoms with van der Waals surface area (Å²) in [5.74, 6) is 0. The van der Waals surface area contributed by atoms with E-state index < -0.39 is 0 Å². The van der Waals surface area contributed by atoms with Crippen LogP contribution in [0, 0.1) is 0 Å². The molecule has 4 nitrogen and oxygen atoms in total. The Balaban J connectivity index is 3.47. The number of carbonyl (C=O) groups excluding carboxylic acids is 2. The average molecular weight is 318 g/mol. The molecule has 0 saturated carbocycles. The Morgan fingerprint density at radius 2 is 1.71 bits per heavy atom. The maximum absolute atomic E-state index is 10.1. The largest absolute Gasteiger partial charge is 0.240 e. The van der Waals surface area contributed by atoms with Crippen molar-refractivity contribution in [1.29, 1.82) is 0 Å². The van der Waals surface area contributed by atoms with E-state index in [0.29, 0.717) is 20.3 Å². The molecule has 0 aliphatic carbocycles. The summed E-state index contributed by atoms with van der Waals surface area (Å²) in [5.41, 5.74) is 0.703. The van der Waals surface area contributed by atoms with E-state index in [0.717, 1.165) is 0 Å². The van der Waals surface area contributed by atoms with Crippen LogP contribution in [0.2, 0.25) is 0 Å². The van der Waals surface area contributed by atoms with Crippen LogP contribution in [0.4, 0.5) is 11.4 Å². The maximum atomic E-state index is 10.1. The molecule has 70 valence electrons. The van der Waals surface area contributed by atoms with Crippen LogP contribution >= 0.6 is 31.9 Å². The molecule has 0 bridgehead atoms. The van der Waals surface area contributed by atoms with Gasteiger partial charge in [-0.15, -0.1) is 0 Å². The van der Waals surface area contributed by atoms with Gasteiger partial charge in [-0.1, -0.05) is 0 Å². The minimum Gasteiger partial charge on any atom is -0.211 e. The van der Waals surface area contributed by atoms with Gasteiger partial charge in [0.1, 0.15) is 5.69 Å². The van der Waals surface area contributed by atoms with Crippen molar-refractivity contribution in [1.82, 2.24) is 0 Å². The predicted molar refractivity (Wildman–Crippen MR) is 57.4 cm³/mol. The number of nitrogens with zero attached hydrogens (tertiary/aromatic N) is 2. The highest BCUT2D eigenvalue weighted by Gasteiger charge is 2.08. The van der Waals surface area contributed by atoms with E-state index in [1.165, 1.54) is 12.2 Å². The summed E-state index contributed by atoms with van der Waals surface area (Å²) in [4.78, 5) is 27.0. The molecule has 0 amide bonds. The molecule has 1 aromatic rings. The minimum absolute atomic E-state index is 0.344. The summed E-state index contributed by atoms with van der Waals surface area (Å²) in [7, 11) is 0. The molecule has 0 unspecified atom stereocenters. The van der Waals surface area contributed by atoms with Gasteiger partial charge in [-0.25, -0.2) is 9.59 Å². The fraction of sp³-hybridized carbons (Fsp3) is 0. The normalized spacial score (nSPS) is 8.71. The maximum Gasteiger partial charge on any atom is 0.240 e. The standard InChI is InChI=1S/C8H2Br2N2O2/c9-5-1-2-6(11-3-13)7(10)8(5)12-4-14/h1-2H. The molecular formula is C8H2Br2N2O2. The zero-order valence-corrected chi connectivity index (χ0v) is 9.79. The van der Waals surface area contributed by atoms with Crippen LogP contribution in [-0.4, -0.2) is 12.2 Å². The van der Waals surface area contributed by atoms with Crippen LogP contribution in [0.1, 0.15) is 0 Å². The van der Waals surface area contributed by atoms with E-state index in [1.807, 2.05) is 0 Å². The molecule has 0 aromatic heterocycles. The van der Waals surface area contributed by atoms with Gasteiger partial charge in [0.2, 0.25) is 12.2 Å². The minimum atomic E-state index is 0.344. The van der Waals surface area contributed by atoms with Crippen LogP contribution in [0.25, 0.3) is 0 Å². The summed E-state index contributed by atoms with van der Waals surface area (Å²) in [6, 6.07) is 3.21. The van der Waals surface area contributed by atoms with Crippen molar-refractivity contribution < 1.29 is 9.59 Å². The van der Waals surface area contributed by atoms with Crippen LogP contribution in [0.5, 0.6) is 0 Å². The Kier molecular flexibility index (Phi) is 3.92. The molecule has 0 N–H and O–H groups in total. The second kappa shape index (κ2) is 4.98. The Morgan fingerprint density at radius 3 is 2.29 bits per heavy atom. The number of isocyanates is 2. The van der Waals surface area contributed by atoms with Gasteiger partial charge in [0.25, 0.3) is 0 Å². The van der Waals surface area contributed by atoms with Gasteiger partial charge >= 0.3 is 0 Å². The summed E-state index contributed by atoms with van der Waals surface area (Å²) >= 11 is 6.35. The summed E-state index contributed by atoms with van der Waals surface area (Å²) in [5, 5.41) is 0. The van der Waals surface area contributed by atoms with Crippen molar-refractivity contribution in [2.24, 2.45) is 9.98 Å². The first-order chi connectivity index (χ1) is 6.70. The van der Waals surface area contributed by atoms with Gasteiger partial charge in [0, 0.05) is 4.47 Å². The first-order valence-electron chi connectivity index (χ1n) is 3.34. The fourth-order valence-corrected chi connectivity index (χ4v) is 2.02. The Bertz CT molecular complexity index is 461. The van der Waals surface area contributed by atoms with Crippen LogP contribution < -0.4 is 0 Å². The lowest BCUT2D eigenvalue weighted by molar-refractivity contribution is 0.565. The summed E-state index contributed by atoms with van der Waals surface area (Å²) < 4.78 is 1.05. The molecule has 0 atom stereocenters. The molecule has 0 radical (unpaired) electrons. The van der Waals surface area contributed by atoms with E-state index in [1.54, 1.807) is 12.1 Å². The van der Waals surface area contributed by atoms with Gasteiger partial charge < -0.3 is 0 Å². The van der Waals surface area contributed by atoms with E-state index in [2.05, 4.69) is 41.8 Å². The summed E-state index contributed by atoms with van der Waals surface area (Å²) in [6.07, 6.45) is 2.81. The van der Waals surface area contributed by atoms with E-state index in [-0.39, 0.29) is 0 Å². The third-order valence-electron chi connectivity index (χ3n) is 1.37.